The lowest BCUT2D eigenvalue weighted by molar-refractivity contribution is -0.153. The number of alkyl halides is 1. The van der Waals surface area contributed by atoms with Gasteiger partial charge in [0.05, 0.1) is 17.6 Å². The molecule has 0 unspecified atom stereocenters. The number of carbonyl (C=O) groups is 1. The van der Waals surface area contributed by atoms with E-state index in [1.165, 1.54) is 11.1 Å². The zero-order valence-corrected chi connectivity index (χ0v) is 16.1. The number of ether oxygens (including phenoxy) is 2. The number of carbonyl (C=O) groups excluding carboxylic acids is 1. The Hall–Kier alpha value is -0.840. The molecule has 0 saturated carbocycles. The number of aliphatic hydroxyl groups is 1. The number of hydrogen-bond donors (Lipinski definition) is 1. The van der Waals surface area contributed by atoms with Crippen LogP contribution >= 0.6 is 11.6 Å². The predicted molar refractivity (Wildman–Crippen MR) is 97.5 cm³/mol. The number of halogens is 1. The highest BCUT2D eigenvalue weighted by Crippen LogP contribution is 2.49. The van der Waals surface area contributed by atoms with Crippen molar-refractivity contribution >= 4 is 17.6 Å². The van der Waals surface area contributed by atoms with E-state index in [9.17, 15) is 9.90 Å². The Bertz CT molecular complexity index is 599. The quantitative estimate of drug-likeness (QED) is 0.330. The first-order valence-electron chi connectivity index (χ1n) is 9.27. The number of allylic oxidation sites excluding steroid dienone is 3. The van der Waals surface area contributed by atoms with Crippen molar-refractivity contribution in [1.82, 2.24) is 0 Å². The van der Waals surface area contributed by atoms with Gasteiger partial charge in [-0.2, -0.15) is 0 Å². The summed E-state index contributed by atoms with van der Waals surface area (Å²) in [5.41, 5.74) is 0.816. The Labute approximate surface area is 155 Å². The van der Waals surface area contributed by atoms with Gasteiger partial charge in [0, 0.05) is 12.3 Å². The van der Waals surface area contributed by atoms with Crippen molar-refractivity contribution < 1.29 is 19.4 Å². The molecule has 2 fully saturated rings. The second kappa shape index (κ2) is 7.05. The van der Waals surface area contributed by atoms with Crippen LogP contribution in [0.5, 0.6) is 0 Å². The van der Waals surface area contributed by atoms with Gasteiger partial charge in [0.25, 0.3) is 0 Å². The molecule has 0 radical (unpaired) electrons. The van der Waals surface area contributed by atoms with E-state index in [1.54, 1.807) is 0 Å². The van der Waals surface area contributed by atoms with Crippen molar-refractivity contribution in [2.45, 2.75) is 82.7 Å². The molecule has 1 N–H and O–H groups in total. The lowest BCUT2D eigenvalue weighted by Gasteiger charge is -2.26. The fraction of sp³-hybridized carbons (Fsp3) is 0.750. The van der Waals surface area contributed by atoms with Crippen molar-refractivity contribution in [2.75, 3.05) is 5.88 Å². The highest BCUT2D eigenvalue weighted by molar-refractivity contribution is 6.20. The minimum atomic E-state index is -1.60. The number of fused-ring (bicyclic) bond motifs is 2. The highest BCUT2D eigenvalue weighted by Gasteiger charge is 2.61. The van der Waals surface area contributed by atoms with Crippen molar-refractivity contribution in [3.8, 4) is 0 Å². The van der Waals surface area contributed by atoms with E-state index in [1.807, 2.05) is 0 Å². The van der Waals surface area contributed by atoms with Gasteiger partial charge in [-0.15, -0.1) is 11.6 Å². The van der Waals surface area contributed by atoms with Gasteiger partial charge in [-0.25, -0.2) is 4.79 Å². The van der Waals surface area contributed by atoms with E-state index in [-0.39, 0.29) is 29.6 Å². The summed E-state index contributed by atoms with van der Waals surface area (Å²) in [7, 11) is 0. The Morgan fingerprint density at radius 2 is 2.00 bits per heavy atom. The first kappa shape index (κ1) is 18.9. The van der Waals surface area contributed by atoms with E-state index in [0.29, 0.717) is 12.8 Å². The third-order valence-electron chi connectivity index (χ3n) is 6.07. The molecule has 2 heterocycles. The molecule has 0 aromatic heterocycles. The van der Waals surface area contributed by atoms with Gasteiger partial charge in [0.1, 0.15) is 6.10 Å². The van der Waals surface area contributed by atoms with Crippen LogP contribution in [0, 0.1) is 5.92 Å². The third kappa shape index (κ3) is 3.81. The molecule has 4 nitrogen and oxygen atoms in total. The van der Waals surface area contributed by atoms with E-state index in [2.05, 4.69) is 32.9 Å². The fourth-order valence-electron chi connectivity index (χ4n) is 4.16. The van der Waals surface area contributed by atoms with Crippen LogP contribution in [-0.2, 0) is 14.3 Å². The number of epoxide rings is 1. The highest BCUT2D eigenvalue weighted by atomic mass is 35.5. The molecule has 2 saturated heterocycles. The molecule has 0 bridgehead atoms. The molecule has 140 valence electrons. The van der Waals surface area contributed by atoms with Crippen LogP contribution in [0.2, 0.25) is 0 Å². The molecule has 3 rings (SSSR count). The summed E-state index contributed by atoms with van der Waals surface area (Å²) in [4.78, 5) is 12.3. The Balaban J connectivity index is 1.84. The molecule has 2 aliphatic heterocycles. The van der Waals surface area contributed by atoms with Crippen molar-refractivity contribution in [1.29, 1.82) is 0 Å². The maximum Gasteiger partial charge on any atom is 0.340 e. The normalized spacial score (nSPS) is 42.4. The summed E-state index contributed by atoms with van der Waals surface area (Å²) in [5.74, 6) is -1.05. The largest absolute Gasteiger partial charge is 0.459 e. The molecular formula is C20H29ClO4. The average Bonchev–Trinajstić information content (AvgIpc) is 3.13. The van der Waals surface area contributed by atoms with Gasteiger partial charge in [-0.1, -0.05) is 23.3 Å². The molecular weight excluding hydrogens is 340 g/mol. The first-order chi connectivity index (χ1) is 11.8. The average molecular weight is 369 g/mol. The third-order valence-corrected chi connectivity index (χ3v) is 6.48. The molecule has 5 atom stereocenters. The predicted octanol–water partition coefficient (Wildman–Crippen LogP) is 3.90. The molecule has 0 aromatic carbocycles. The van der Waals surface area contributed by atoms with Crippen LogP contribution in [0.1, 0.15) is 59.3 Å². The van der Waals surface area contributed by atoms with Crippen LogP contribution in [0.4, 0.5) is 0 Å². The van der Waals surface area contributed by atoms with Crippen molar-refractivity contribution in [2.24, 2.45) is 5.92 Å². The summed E-state index contributed by atoms with van der Waals surface area (Å²) in [6.07, 6.45) is 9.44. The monoisotopic (exact) mass is 368 g/mol. The van der Waals surface area contributed by atoms with Crippen molar-refractivity contribution in [3.05, 3.63) is 23.3 Å². The topological polar surface area (TPSA) is 59.1 Å². The number of esters is 1. The standard InChI is InChI=1S/C20H29ClO4/c1-13-6-4-7-14(2)10-16-15(20(23,12-21)18(22)24-16)11-17-19(3,25-17)9-5-8-13/h7-8,15-17,23H,4-6,9-12H2,1-3H3/t15-,16-,17-,19-,20-/m0/s1. The van der Waals surface area contributed by atoms with Crippen LogP contribution < -0.4 is 0 Å². The van der Waals surface area contributed by atoms with E-state index in [0.717, 1.165) is 25.7 Å². The summed E-state index contributed by atoms with van der Waals surface area (Å²) in [6.45, 7) is 6.35. The van der Waals surface area contributed by atoms with Gasteiger partial charge in [-0.05, 0) is 52.9 Å². The molecule has 0 spiro atoms. The Morgan fingerprint density at radius 1 is 1.28 bits per heavy atom. The second-order valence-electron chi connectivity index (χ2n) is 8.15. The van der Waals surface area contributed by atoms with Crippen LogP contribution in [0.25, 0.3) is 0 Å². The second-order valence-corrected chi connectivity index (χ2v) is 8.41. The molecule has 5 heteroatoms. The lowest BCUT2D eigenvalue weighted by Crippen LogP contribution is -2.45. The number of hydrogen-bond acceptors (Lipinski definition) is 4. The summed E-state index contributed by atoms with van der Waals surface area (Å²) < 4.78 is 11.5. The minimum Gasteiger partial charge on any atom is -0.459 e. The van der Waals surface area contributed by atoms with E-state index in [4.69, 9.17) is 21.1 Å². The van der Waals surface area contributed by atoms with Gasteiger partial charge in [0.2, 0.25) is 0 Å². The molecule has 1 aliphatic carbocycles. The van der Waals surface area contributed by atoms with Gasteiger partial charge < -0.3 is 14.6 Å². The molecule has 0 amide bonds. The molecule has 25 heavy (non-hydrogen) atoms. The maximum absolute atomic E-state index is 12.3. The Morgan fingerprint density at radius 3 is 2.72 bits per heavy atom. The Kier molecular flexibility index (Phi) is 5.34. The SMILES string of the molecule is CC1=CCC[C@]2(C)O[C@H]2C[C@H]2[C@H](CC(C)=CCC1)OC(=O)[C@]2(O)CCl. The molecule has 0 aromatic rings. The van der Waals surface area contributed by atoms with E-state index < -0.39 is 11.6 Å². The molecule has 3 aliphatic rings. The van der Waals surface area contributed by atoms with E-state index >= 15 is 0 Å². The lowest BCUT2D eigenvalue weighted by atomic mass is 9.79. The van der Waals surface area contributed by atoms with Gasteiger partial charge in [-0.3, -0.25) is 0 Å². The summed E-state index contributed by atoms with van der Waals surface area (Å²) in [5, 5.41) is 10.8. The smallest absolute Gasteiger partial charge is 0.340 e. The van der Waals surface area contributed by atoms with Crippen LogP contribution in [0.3, 0.4) is 0 Å². The van der Waals surface area contributed by atoms with Gasteiger partial charge in [0.15, 0.2) is 5.60 Å². The first-order valence-corrected chi connectivity index (χ1v) is 9.80. The summed E-state index contributed by atoms with van der Waals surface area (Å²) in [6, 6.07) is 0. The fourth-order valence-corrected chi connectivity index (χ4v) is 4.47. The zero-order chi connectivity index (χ0) is 18.2. The summed E-state index contributed by atoms with van der Waals surface area (Å²) >= 11 is 5.97. The van der Waals surface area contributed by atoms with Crippen LogP contribution in [0.15, 0.2) is 23.3 Å². The number of rotatable bonds is 1. The van der Waals surface area contributed by atoms with Crippen molar-refractivity contribution in [3.63, 3.8) is 0 Å². The van der Waals surface area contributed by atoms with Gasteiger partial charge >= 0.3 is 5.97 Å². The van der Waals surface area contributed by atoms with Crippen LogP contribution in [-0.4, -0.2) is 40.4 Å². The minimum absolute atomic E-state index is 0.0465. The zero-order valence-electron chi connectivity index (χ0n) is 15.4. The maximum atomic E-state index is 12.3.